The molecule has 1 amide bonds. The Morgan fingerprint density at radius 1 is 1.06 bits per heavy atom. The fourth-order valence-electron chi connectivity index (χ4n) is 3.38. The van der Waals surface area contributed by atoms with Gasteiger partial charge in [0.15, 0.2) is 0 Å². The van der Waals surface area contributed by atoms with E-state index in [0.717, 1.165) is 5.56 Å². The van der Waals surface area contributed by atoms with Crippen molar-refractivity contribution < 1.29 is 22.3 Å². The van der Waals surface area contributed by atoms with Gasteiger partial charge in [0.2, 0.25) is 10.0 Å². The molecule has 1 fully saturated rings. The third-order valence-corrected chi connectivity index (χ3v) is 7.04. The second-order valence-corrected chi connectivity index (χ2v) is 9.32. The molecule has 33 heavy (non-hydrogen) atoms. The van der Waals surface area contributed by atoms with Gasteiger partial charge >= 0.3 is 0 Å². The van der Waals surface area contributed by atoms with Gasteiger partial charge in [-0.2, -0.15) is 4.31 Å². The lowest BCUT2D eigenvalue weighted by Crippen LogP contribution is -2.40. The maximum atomic E-state index is 13.5. The number of carbonyl (C=O) groups is 1. The molecule has 0 radical (unpaired) electrons. The Bertz CT molecular complexity index is 1230. The topological polar surface area (TPSA) is 101 Å². The highest BCUT2D eigenvalue weighted by Gasteiger charge is 2.26. The summed E-state index contributed by atoms with van der Waals surface area (Å²) in [5, 5.41) is 5.76. The molecule has 0 spiro atoms. The van der Waals surface area contributed by atoms with Crippen molar-refractivity contribution in [1.29, 1.82) is 0 Å². The zero-order chi connectivity index (χ0) is 23.3. The van der Waals surface area contributed by atoms with Crippen LogP contribution in [0.2, 0.25) is 0 Å². The second-order valence-electron chi connectivity index (χ2n) is 7.38. The number of ether oxygens (including phenoxy) is 1. The van der Waals surface area contributed by atoms with Crippen molar-refractivity contribution in [3.63, 3.8) is 0 Å². The lowest BCUT2D eigenvalue weighted by atomic mass is 10.2. The van der Waals surface area contributed by atoms with E-state index >= 15 is 0 Å². The van der Waals surface area contributed by atoms with E-state index in [4.69, 9.17) is 4.74 Å². The van der Waals surface area contributed by atoms with Crippen LogP contribution in [-0.2, 0) is 21.3 Å². The van der Waals surface area contributed by atoms with Crippen LogP contribution in [0.25, 0.3) is 0 Å². The number of rotatable bonds is 7. The van der Waals surface area contributed by atoms with E-state index in [2.05, 4.69) is 15.6 Å². The highest BCUT2D eigenvalue weighted by molar-refractivity contribution is 7.89. The molecule has 8 nitrogen and oxygen atoms in total. The van der Waals surface area contributed by atoms with E-state index in [9.17, 15) is 17.6 Å². The van der Waals surface area contributed by atoms with Crippen LogP contribution in [0.4, 0.5) is 15.9 Å². The van der Waals surface area contributed by atoms with Gasteiger partial charge < -0.3 is 15.4 Å². The van der Waals surface area contributed by atoms with E-state index in [1.807, 2.05) is 0 Å². The minimum atomic E-state index is -3.57. The van der Waals surface area contributed by atoms with Crippen LogP contribution in [0.5, 0.6) is 0 Å². The summed E-state index contributed by atoms with van der Waals surface area (Å²) in [5.74, 6) is -0.472. The molecule has 2 aromatic carbocycles. The third kappa shape index (κ3) is 5.54. The quantitative estimate of drug-likeness (QED) is 0.551. The van der Waals surface area contributed by atoms with Crippen molar-refractivity contribution in [1.82, 2.24) is 14.6 Å². The van der Waals surface area contributed by atoms with Crippen molar-refractivity contribution in [2.24, 2.45) is 0 Å². The molecule has 0 saturated carbocycles. The molecule has 0 atom stereocenters. The average molecular weight is 471 g/mol. The maximum Gasteiger partial charge on any atom is 0.255 e. The van der Waals surface area contributed by atoms with E-state index in [0.29, 0.717) is 43.4 Å². The number of morpholine rings is 1. The average Bonchev–Trinajstić information content (AvgIpc) is 2.84. The number of nitrogens with one attached hydrogen (secondary N) is 2. The van der Waals surface area contributed by atoms with Crippen molar-refractivity contribution in [3.05, 3.63) is 83.8 Å². The Kier molecular flexibility index (Phi) is 6.97. The molecule has 4 rings (SSSR count). The predicted molar refractivity (Wildman–Crippen MR) is 121 cm³/mol. The Morgan fingerprint density at radius 3 is 2.55 bits per heavy atom. The lowest BCUT2D eigenvalue weighted by molar-refractivity contribution is 0.0730. The summed E-state index contributed by atoms with van der Waals surface area (Å²) in [4.78, 5) is 17.1. The number of anilines is 2. The van der Waals surface area contributed by atoms with Crippen LogP contribution >= 0.6 is 0 Å². The number of sulfonamides is 1. The first-order chi connectivity index (χ1) is 15.9. The molecule has 0 unspecified atom stereocenters. The van der Waals surface area contributed by atoms with Gasteiger partial charge in [0.25, 0.3) is 5.91 Å². The number of hydrogen-bond donors (Lipinski definition) is 2. The zero-order valence-corrected chi connectivity index (χ0v) is 18.5. The predicted octanol–water partition coefficient (Wildman–Crippen LogP) is 2.92. The van der Waals surface area contributed by atoms with Gasteiger partial charge in [0.05, 0.1) is 23.7 Å². The summed E-state index contributed by atoms with van der Waals surface area (Å²) < 4.78 is 45.5. The maximum absolute atomic E-state index is 13.5. The largest absolute Gasteiger partial charge is 0.379 e. The first kappa shape index (κ1) is 22.8. The second kappa shape index (κ2) is 10.1. The summed E-state index contributed by atoms with van der Waals surface area (Å²) in [7, 11) is -3.57. The van der Waals surface area contributed by atoms with Crippen molar-refractivity contribution in [2.75, 3.05) is 31.6 Å². The first-order valence-corrected chi connectivity index (χ1v) is 11.8. The molecule has 1 aliphatic heterocycles. The number of halogens is 1. The van der Waals surface area contributed by atoms with Crippen molar-refractivity contribution >= 4 is 27.4 Å². The van der Waals surface area contributed by atoms with E-state index in [1.165, 1.54) is 34.8 Å². The van der Waals surface area contributed by atoms with Crippen LogP contribution in [0.1, 0.15) is 15.9 Å². The fraction of sp³-hybridized carbons (Fsp3) is 0.217. The number of aromatic nitrogens is 1. The highest BCUT2D eigenvalue weighted by Crippen LogP contribution is 2.20. The number of pyridine rings is 1. The standard InChI is InChI=1S/C23H23FN4O4S/c24-18-3-1-4-19(15-18)27-22-21(5-2-10-25-22)23(29)26-16-17-6-8-20(9-7-17)33(30,31)28-11-13-32-14-12-28/h1-10,15H,11-14,16H2,(H,25,27)(H,26,29). The van der Waals surface area contributed by atoms with Gasteiger partial charge in [-0.3, -0.25) is 4.79 Å². The van der Waals surface area contributed by atoms with Crippen molar-refractivity contribution in [3.8, 4) is 0 Å². The summed E-state index contributed by atoms with van der Waals surface area (Å²) in [6, 6.07) is 15.5. The number of hydrogen-bond acceptors (Lipinski definition) is 6. The minimum absolute atomic E-state index is 0.199. The molecular formula is C23H23FN4O4S. The highest BCUT2D eigenvalue weighted by atomic mass is 32.2. The summed E-state index contributed by atoms with van der Waals surface area (Å²) >= 11 is 0. The number of benzene rings is 2. The van der Waals surface area contributed by atoms with Crippen LogP contribution in [0.3, 0.4) is 0 Å². The Hall–Kier alpha value is -3.34. The normalized spacial score (nSPS) is 14.6. The van der Waals surface area contributed by atoms with Gasteiger partial charge in [-0.15, -0.1) is 0 Å². The molecular weight excluding hydrogens is 447 g/mol. The zero-order valence-electron chi connectivity index (χ0n) is 17.7. The Morgan fingerprint density at radius 2 is 1.82 bits per heavy atom. The van der Waals surface area contributed by atoms with Crippen LogP contribution in [0.15, 0.2) is 71.8 Å². The Balaban J connectivity index is 1.41. The smallest absolute Gasteiger partial charge is 0.255 e. The minimum Gasteiger partial charge on any atom is -0.379 e. The SMILES string of the molecule is O=C(NCc1ccc(S(=O)(=O)N2CCOCC2)cc1)c1cccnc1Nc1cccc(F)c1. The summed E-state index contributed by atoms with van der Waals surface area (Å²) in [6.07, 6.45) is 1.53. The molecule has 1 aromatic heterocycles. The van der Waals surface area contributed by atoms with E-state index in [1.54, 1.807) is 36.4 Å². The molecule has 1 aliphatic rings. The number of amides is 1. The molecule has 10 heteroatoms. The van der Waals surface area contributed by atoms with Gasteiger partial charge in [0, 0.05) is 31.5 Å². The fourth-order valence-corrected chi connectivity index (χ4v) is 4.79. The summed E-state index contributed by atoms with van der Waals surface area (Å²) in [6.45, 7) is 1.63. The monoisotopic (exact) mass is 470 g/mol. The van der Waals surface area contributed by atoms with E-state index in [-0.39, 0.29) is 17.3 Å². The van der Waals surface area contributed by atoms with Gasteiger partial charge in [-0.05, 0) is 48.0 Å². The third-order valence-electron chi connectivity index (χ3n) is 5.12. The summed E-state index contributed by atoms with van der Waals surface area (Å²) in [5.41, 5.74) is 1.51. The molecule has 2 heterocycles. The van der Waals surface area contributed by atoms with Crippen LogP contribution in [-0.4, -0.2) is 49.9 Å². The van der Waals surface area contributed by atoms with Gasteiger partial charge in [-0.1, -0.05) is 18.2 Å². The first-order valence-electron chi connectivity index (χ1n) is 10.4. The van der Waals surface area contributed by atoms with Crippen LogP contribution < -0.4 is 10.6 Å². The molecule has 1 saturated heterocycles. The molecule has 0 bridgehead atoms. The Labute approximate surface area is 191 Å². The molecule has 2 N–H and O–H groups in total. The van der Waals surface area contributed by atoms with Gasteiger partial charge in [0.1, 0.15) is 11.6 Å². The van der Waals surface area contributed by atoms with Crippen LogP contribution in [0, 0.1) is 5.82 Å². The van der Waals surface area contributed by atoms with E-state index < -0.39 is 15.8 Å². The molecule has 3 aromatic rings. The molecule has 0 aliphatic carbocycles. The molecule has 172 valence electrons. The lowest BCUT2D eigenvalue weighted by Gasteiger charge is -2.26. The van der Waals surface area contributed by atoms with Crippen molar-refractivity contribution in [2.45, 2.75) is 11.4 Å². The number of nitrogens with zero attached hydrogens (tertiary/aromatic N) is 2. The number of carbonyl (C=O) groups excluding carboxylic acids is 1. The van der Waals surface area contributed by atoms with Gasteiger partial charge in [-0.25, -0.2) is 17.8 Å².